The van der Waals surface area contributed by atoms with Crippen LogP contribution in [0, 0.1) is 0 Å². The number of carboxylic acid groups (broad SMARTS) is 1. The van der Waals surface area contributed by atoms with Gasteiger partial charge in [0.25, 0.3) is 0 Å². The lowest BCUT2D eigenvalue weighted by Gasteiger charge is -2.06. The van der Waals surface area contributed by atoms with Crippen LogP contribution in [0.25, 0.3) is 0 Å². The molecule has 0 saturated carbocycles. The van der Waals surface area contributed by atoms with Crippen molar-refractivity contribution in [2.75, 3.05) is 6.61 Å². The van der Waals surface area contributed by atoms with Crippen molar-refractivity contribution in [3.05, 3.63) is 12.2 Å². The van der Waals surface area contributed by atoms with Crippen molar-refractivity contribution in [1.82, 2.24) is 0 Å². The largest absolute Gasteiger partial charge is 0.479 e. The summed E-state index contributed by atoms with van der Waals surface area (Å²) in [4.78, 5) is 31.3. The smallest absolute Gasteiger partial charge is 0.352 e. The molecule has 0 radical (unpaired) electrons. The highest BCUT2D eigenvalue weighted by molar-refractivity contribution is 5.91. The summed E-state index contributed by atoms with van der Waals surface area (Å²) in [5.41, 5.74) is 0. The van der Waals surface area contributed by atoms with E-state index in [0.717, 1.165) is 6.08 Å². The second kappa shape index (κ2) is 3.70. The first kappa shape index (κ1) is 9.24. The summed E-state index contributed by atoms with van der Waals surface area (Å²) in [5, 5.41) is 8.15. The maximum Gasteiger partial charge on any atom is 0.352 e. The number of cyclic esters (lactones) is 1. The molecule has 1 aliphatic heterocycles. The molecule has 0 aromatic rings. The molecule has 70 valence electrons. The number of carboxylic acids is 1. The molecule has 0 bridgehead atoms. The molecule has 0 fully saturated rings. The van der Waals surface area contributed by atoms with Gasteiger partial charge in [0, 0.05) is 6.08 Å². The fourth-order valence-corrected chi connectivity index (χ4v) is 0.711. The normalized spacial score (nSPS) is 19.7. The van der Waals surface area contributed by atoms with Gasteiger partial charge in [0.15, 0.2) is 6.61 Å². The van der Waals surface area contributed by atoms with Crippen LogP contribution < -0.4 is 0 Å². The molecular weight excluding hydrogens is 180 g/mol. The average Bonchev–Trinajstić information content (AvgIpc) is 2.47. The molecular formula is C7H6O6. The van der Waals surface area contributed by atoms with Crippen LogP contribution in [0.3, 0.4) is 0 Å². The van der Waals surface area contributed by atoms with Crippen LogP contribution in [0.4, 0.5) is 0 Å². The second-order valence-corrected chi connectivity index (χ2v) is 2.22. The first-order chi connectivity index (χ1) is 6.09. The Morgan fingerprint density at radius 3 is 2.77 bits per heavy atom. The van der Waals surface area contributed by atoms with E-state index in [0.29, 0.717) is 0 Å². The first-order valence-electron chi connectivity index (χ1n) is 3.37. The summed E-state index contributed by atoms with van der Waals surface area (Å²) in [6, 6.07) is 0. The highest BCUT2D eigenvalue weighted by Gasteiger charge is 2.26. The van der Waals surface area contributed by atoms with Gasteiger partial charge in [-0.3, -0.25) is 0 Å². The van der Waals surface area contributed by atoms with Gasteiger partial charge in [0.2, 0.25) is 6.10 Å². The van der Waals surface area contributed by atoms with Crippen LogP contribution in [0.2, 0.25) is 0 Å². The maximum atomic E-state index is 10.9. The van der Waals surface area contributed by atoms with Gasteiger partial charge in [-0.05, 0) is 6.08 Å². The second-order valence-electron chi connectivity index (χ2n) is 2.22. The van der Waals surface area contributed by atoms with Crippen molar-refractivity contribution in [1.29, 1.82) is 0 Å². The van der Waals surface area contributed by atoms with Crippen molar-refractivity contribution in [2.45, 2.75) is 6.10 Å². The van der Waals surface area contributed by atoms with Crippen molar-refractivity contribution >= 4 is 17.9 Å². The molecule has 0 amide bonds. The average molecular weight is 186 g/mol. The van der Waals surface area contributed by atoms with Crippen LogP contribution in [-0.4, -0.2) is 35.7 Å². The lowest BCUT2D eigenvalue weighted by Crippen LogP contribution is -2.25. The van der Waals surface area contributed by atoms with E-state index in [2.05, 4.69) is 9.47 Å². The zero-order valence-electron chi connectivity index (χ0n) is 6.43. The molecule has 1 atom stereocenters. The number of aliphatic carboxylic acids is 1. The zero-order valence-corrected chi connectivity index (χ0v) is 6.43. The Bertz CT molecular complexity index is 279. The van der Waals surface area contributed by atoms with E-state index in [4.69, 9.17) is 5.11 Å². The molecule has 0 spiro atoms. The van der Waals surface area contributed by atoms with Crippen molar-refractivity contribution in [2.24, 2.45) is 0 Å². The zero-order chi connectivity index (χ0) is 9.84. The molecule has 1 N–H and O–H groups in total. The summed E-state index contributed by atoms with van der Waals surface area (Å²) >= 11 is 0. The molecule has 1 aliphatic rings. The molecule has 13 heavy (non-hydrogen) atoms. The first-order valence-corrected chi connectivity index (χ1v) is 3.37. The third-order valence-corrected chi connectivity index (χ3v) is 1.22. The number of carbonyl (C=O) groups excluding carboxylic acids is 2. The number of hydrogen-bond donors (Lipinski definition) is 1. The predicted molar refractivity (Wildman–Crippen MR) is 37.6 cm³/mol. The highest BCUT2D eigenvalue weighted by Crippen LogP contribution is 2.06. The number of rotatable bonds is 3. The number of hydrogen-bond acceptors (Lipinski definition) is 5. The summed E-state index contributed by atoms with van der Waals surface area (Å²) in [6.07, 6.45) is 1.17. The van der Waals surface area contributed by atoms with Gasteiger partial charge >= 0.3 is 17.9 Å². The standard InChI is InChI=1S/C7H6O6/c8-5(9)3-12-7(11)4-1-2-6(10)13-4/h1-2,4H,3H2,(H,8,9). The van der Waals surface area contributed by atoms with Gasteiger partial charge in [-0.2, -0.15) is 0 Å². The van der Waals surface area contributed by atoms with Gasteiger partial charge in [0.1, 0.15) is 0 Å². The third-order valence-electron chi connectivity index (χ3n) is 1.22. The molecule has 0 aromatic heterocycles. The number of esters is 2. The van der Waals surface area contributed by atoms with Crippen molar-refractivity contribution in [3.63, 3.8) is 0 Å². The van der Waals surface area contributed by atoms with Gasteiger partial charge in [-0.15, -0.1) is 0 Å². The Morgan fingerprint density at radius 2 is 2.31 bits per heavy atom. The van der Waals surface area contributed by atoms with Crippen LogP contribution in [0.1, 0.15) is 0 Å². The van der Waals surface area contributed by atoms with Gasteiger partial charge in [-0.25, -0.2) is 14.4 Å². The molecule has 1 unspecified atom stereocenters. The van der Waals surface area contributed by atoms with E-state index in [-0.39, 0.29) is 0 Å². The Kier molecular flexibility index (Phi) is 2.63. The number of carbonyl (C=O) groups is 3. The SMILES string of the molecule is O=C(O)COC(=O)C1C=CC(=O)O1. The fraction of sp³-hybridized carbons (Fsp3) is 0.286. The minimum absolute atomic E-state index is 0.641. The van der Waals surface area contributed by atoms with Crippen molar-refractivity contribution in [3.8, 4) is 0 Å². The topological polar surface area (TPSA) is 89.9 Å². The van der Waals surface area contributed by atoms with Crippen LogP contribution in [0.5, 0.6) is 0 Å². The highest BCUT2D eigenvalue weighted by atomic mass is 16.6. The van der Waals surface area contributed by atoms with E-state index in [1.54, 1.807) is 0 Å². The van der Waals surface area contributed by atoms with Crippen LogP contribution >= 0.6 is 0 Å². The van der Waals surface area contributed by atoms with E-state index < -0.39 is 30.6 Å². The van der Waals surface area contributed by atoms with Gasteiger partial charge < -0.3 is 14.6 Å². The van der Waals surface area contributed by atoms with E-state index in [1.165, 1.54) is 6.08 Å². The molecule has 6 nitrogen and oxygen atoms in total. The molecule has 0 aliphatic carbocycles. The Hall–Kier alpha value is -1.85. The van der Waals surface area contributed by atoms with Gasteiger partial charge in [0.05, 0.1) is 0 Å². The monoisotopic (exact) mass is 186 g/mol. The van der Waals surface area contributed by atoms with E-state index >= 15 is 0 Å². The summed E-state index contributed by atoms with van der Waals surface area (Å²) < 4.78 is 8.71. The van der Waals surface area contributed by atoms with Gasteiger partial charge in [-0.1, -0.05) is 0 Å². The van der Waals surface area contributed by atoms with Crippen LogP contribution in [-0.2, 0) is 23.9 Å². The summed E-state index contributed by atoms with van der Waals surface area (Å²) in [6.45, 7) is -0.735. The van der Waals surface area contributed by atoms with E-state index in [1.807, 2.05) is 0 Å². The quantitative estimate of drug-likeness (QED) is 0.574. The van der Waals surface area contributed by atoms with E-state index in [9.17, 15) is 14.4 Å². The Balaban J connectivity index is 2.37. The predicted octanol–water partition coefficient (Wildman–Crippen LogP) is -0.904. The summed E-state index contributed by atoms with van der Waals surface area (Å²) in [5.74, 6) is -2.79. The molecule has 1 rings (SSSR count). The third kappa shape index (κ3) is 2.58. The Morgan fingerprint density at radius 1 is 1.62 bits per heavy atom. The molecule has 6 heteroatoms. The summed E-state index contributed by atoms with van der Waals surface area (Å²) in [7, 11) is 0. The molecule has 0 aromatic carbocycles. The minimum Gasteiger partial charge on any atom is -0.479 e. The number of ether oxygens (including phenoxy) is 2. The van der Waals surface area contributed by atoms with Crippen LogP contribution in [0.15, 0.2) is 12.2 Å². The fourth-order valence-electron chi connectivity index (χ4n) is 0.711. The molecule has 1 heterocycles. The lowest BCUT2D eigenvalue weighted by atomic mass is 10.3. The Labute approximate surface area is 72.7 Å². The minimum atomic E-state index is -1.26. The lowest BCUT2D eigenvalue weighted by molar-refractivity contribution is -0.164. The van der Waals surface area contributed by atoms with Crippen molar-refractivity contribution < 1.29 is 29.0 Å². The maximum absolute atomic E-state index is 10.9. The molecule has 0 saturated heterocycles.